The number of halogens is 2. The number of hydrogen-bond donors (Lipinski definition) is 0. The van der Waals surface area contributed by atoms with Crippen molar-refractivity contribution in [1.29, 1.82) is 0 Å². The molecule has 0 spiro atoms. The third kappa shape index (κ3) is 6.39. The molecule has 0 aliphatic rings. The van der Waals surface area contributed by atoms with Gasteiger partial charge in [0.2, 0.25) is 0 Å². The Kier molecular flexibility index (Phi) is 8.08. The van der Waals surface area contributed by atoms with Crippen molar-refractivity contribution in [1.82, 2.24) is 0 Å². The maximum atomic E-state index is 12.8. The van der Waals surface area contributed by atoms with Crippen molar-refractivity contribution in [2.24, 2.45) is 0 Å². The van der Waals surface area contributed by atoms with Gasteiger partial charge in [-0.25, -0.2) is 4.39 Å². The van der Waals surface area contributed by atoms with Gasteiger partial charge in [-0.2, -0.15) is 0 Å². The molecule has 0 aromatic heterocycles. The summed E-state index contributed by atoms with van der Waals surface area (Å²) >= 11 is 6.30. The van der Waals surface area contributed by atoms with Gasteiger partial charge in [0, 0.05) is 0 Å². The zero-order valence-corrected chi connectivity index (χ0v) is 12.1. The molecule has 1 aromatic carbocycles. The predicted octanol–water partition coefficient (Wildman–Crippen LogP) is 6.25. The molecule has 0 N–H and O–H groups in total. The van der Waals surface area contributed by atoms with Crippen LogP contribution in [-0.4, -0.2) is 0 Å². The fraction of sp³-hybridized carbons (Fsp3) is 0.625. The second-order valence-electron chi connectivity index (χ2n) is 4.93. The molecule has 1 atom stereocenters. The lowest BCUT2D eigenvalue weighted by atomic mass is 10.0. The van der Waals surface area contributed by atoms with Gasteiger partial charge in [-0.05, 0) is 24.1 Å². The van der Waals surface area contributed by atoms with E-state index in [0.29, 0.717) is 0 Å². The van der Waals surface area contributed by atoms with Crippen LogP contribution < -0.4 is 0 Å². The zero-order valence-electron chi connectivity index (χ0n) is 11.3. The first kappa shape index (κ1) is 15.5. The Hall–Kier alpha value is -0.560. The first-order valence-corrected chi connectivity index (χ1v) is 7.57. The summed E-state index contributed by atoms with van der Waals surface area (Å²) in [7, 11) is 0. The van der Waals surface area contributed by atoms with Crippen LogP contribution >= 0.6 is 11.6 Å². The molecular formula is C16H24ClF. The van der Waals surface area contributed by atoms with E-state index in [-0.39, 0.29) is 11.2 Å². The molecule has 0 saturated carbocycles. The van der Waals surface area contributed by atoms with Gasteiger partial charge >= 0.3 is 0 Å². The third-order valence-corrected chi connectivity index (χ3v) is 3.76. The van der Waals surface area contributed by atoms with Gasteiger partial charge in [0.15, 0.2) is 0 Å². The zero-order chi connectivity index (χ0) is 13.2. The number of rotatable bonds is 9. The van der Waals surface area contributed by atoms with Gasteiger partial charge in [0.05, 0.1) is 5.38 Å². The van der Waals surface area contributed by atoms with Crippen molar-refractivity contribution in [2.45, 2.75) is 63.7 Å². The topological polar surface area (TPSA) is 0 Å². The second kappa shape index (κ2) is 9.38. The Bertz CT molecular complexity index is 307. The molecule has 0 heterocycles. The highest BCUT2D eigenvalue weighted by Gasteiger charge is 2.07. The van der Waals surface area contributed by atoms with E-state index < -0.39 is 0 Å². The molecule has 0 nitrogen and oxygen atoms in total. The lowest BCUT2D eigenvalue weighted by Gasteiger charge is -2.09. The highest BCUT2D eigenvalue weighted by atomic mass is 35.5. The Morgan fingerprint density at radius 3 is 2.11 bits per heavy atom. The quantitative estimate of drug-likeness (QED) is 0.368. The highest BCUT2D eigenvalue weighted by Crippen LogP contribution is 2.26. The molecular weight excluding hydrogens is 247 g/mol. The fourth-order valence-corrected chi connectivity index (χ4v) is 2.42. The van der Waals surface area contributed by atoms with Crippen molar-refractivity contribution in [3.8, 4) is 0 Å². The third-order valence-electron chi connectivity index (χ3n) is 3.29. The van der Waals surface area contributed by atoms with Crippen LogP contribution in [0.1, 0.15) is 69.2 Å². The molecule has 0 bridgehead atoms. The summed E-state index contributed by atoms with van der Waals surface area (Å²) in [5.74, 6) is -0.196. The smallest absolute Gasteiger partial charge is 0.123 e. The molecule has 2 heteroatoms. The Balaban J connectivity index is 2.10. The van der Waals surface area contributed by atoms with Crippen LogP contribution in [0, 0.1) is 5.82 Å². The number of alkyl halides is 1. The van der Waals surface area contributed by atoms with Crippen LogP contribution in [0.25, 0.3) is 0 Å². The van der Waals surface area contributed by atoms with Gasteiger partial charge in [-0.1, -0.05) is 64.0 Å². The van der Waals surface area contributed by atoms with Crippen molar-refractivity contribution < 1.29 is 4.39 Å². The van der Waals surface area contributed by atoms with E-state index in [1.807, 2.05) is 0 Å². The summed E-state index contributed by atoms with van der Waals surface area (Å²) in [6, 6.07) is 6.54. The molecule has 102 valence electrons. The second-order valence-corrected chi connectivity index (χ2v) is 5.46. The lowest BCUT2D eigenvalue weighted by Crippen LogP contribution is -1.91. The van der Waals surface area contributed by atoms with Gasteiger partial charge in [0.25, 0.3) is 0 Å². The largest absolute Gasteiger partial charge is 0.207 e. The first-order valence-electron chi connectivity index (χ1n) is 7.13. The first-order chi connectivity index (χ1) is 8.74. The van der Waals surface area contributed by atoms with Crippen molar-refractivity contribution in [3.63, 3.8) is 0 Å². The van der Waals surface area contributed by atoms with Crippen molar-refractivity contribution >= 4 is 11.6 Å². The highest BCUT2D eigenvalue weighted by molar-refractivity contribution is 6.20. The molecule has 0 fully saturated rings. The van der Waals surface area contributed by atoms with Crippen LogP contribution in [0.5, 0.6) is 0 Å². The molecule has 0 saturated heterocycles. The van der Waals surface area contributed by atoms with E-state index in [1.165, 1.54) is 50.7 Å². The van der Waals surface area contributed by atoms with E-state index in [0.717, 1.165) is 18.4 Å². The standard InChI is InChI=1S/C16H24ClF/c1-2-3-4-5-6-7-8-9-16(17)14-10-12-15(18)13-11-14/h10-13,16H,2-9H2,1H3. The molecule has 0 amide bonds. The Labute approximate surface area is 116 Å². The monoisotopic (exact) mass is 270 g/mol. The van der Waals surface area contributed by atoms with Gasteiger partial charge in [0.1, 0.15) is 5.82 Å². The molecule has 18 heavy (non-hydrogen) atoms. The minimum absolute atomic E-state index is 0.0289. The van der Waals surface area contributed by atoms with Crippen LogP contribution in [0.4, 0.5) is 4.39 Å². The molecule has 0 radical (unpaired) electrons. The van der Waals surface area contributed by atoms with E-state index in [4.69, 9.17) is 11.6 Å². The van der Waals surface area contributed by atoms with Gasteiger partial charge in [-0.3, -0.25) is 0 Å². The maximum absolute atomic E-state index is 12.8. The Morgan fingerprint density at radius 1 is 0.944 bits per heavy atom. The summed E-state index contributed by atoms with van der Waals surface area (Å²) in [6.07, 6.45) is 10.1. The minimum Gasteiger partial charge on any atom is -0.207 e. The van der Waals surface area contributed by atoms with E-state index in [1.54, 1.807) is 12.1 Å². The van der Waals surface area contributed by atoms with E-state index in [2.05, 4.69) is 6.92 Å². The summed E-state index contributed by atoms with van der Waals surface area (Å²) < 4.78 is 12.8. The average molecular weight is 271 g/mol. The molecule has 1 unspecified atom stereocenters. The van der Waals surface area contributed by atoms with Crippen LogP contribution in [0.2, 0.25) is 0 Å². The van der Waals surface area contributed by atoms with Crippen molar-refractivity contribution in [3.05, 3.63) is 35.6 Å². The lowest BCUT2D eigenvalue weighted by molar-refractivity contribution is 0.571. The van der Waals surface area contributed by atoms with Gasteiger partial charge < -0.3 is 0 Å². The average Bonchev–Trinajstić information content (AvgIpc) is 2.38. The van der Waals surface area contributed by atoms with Crippen LogP contribution in [-0.2, 0) is 0 Å². The number of unbranched alkanes of at least 4 members (excludes halogenated alkanes) is 6. The maximum Gasteiger partial charge on any atom is 0.123 e. The molecule has 1 rings (SSSR count). The number of benzene rings is 1. The molecule has 0 aliphatic carbocycles. The Morgan fingerprint density at radius 2 is 1.50 bits per heavy atom. The van der Waals surface area contributed by atoms with Crippen molar-refractivity contribution in [2.75, 3.05) is 0 Å². The summed E-state index contributed by atoms with van der Waals surface area (Å²) in [5, 5.41) is 0.0289. The number of hydrogen-bond acceptors (Lipinski definition) is 0. The van der Waals surface area contributed by atoms with E-state index >= 15 is 0 Å². The van der Waals surface area contributed by atoms with E-state index in [9.17, 15) is 4.39 Å². The normalized spacial score (nSPS) is 12.6. The molecule has 0 aliphatic heterocycles. The predicted molar refractivity (Wildman–Crippen MR) is 77.6 cm³/mol. The fourth-order valence-electron chi connectivity index (χ4n) is 2.12. The van der Waals surface area contributed by atoms with Crippen LogP contribution in [0.15, 0.2) is 24.3 Å². The summed E-state index contributed by atoms with van der Waals surface area (Å²) in [5.41, 5.74) is 1.03. The van der Waals surface area contributed by atoms with Gasteiger partial charge in [-0.15, -0.1) is 11.6 Å². The summed E-state index contributed by atoms with van der Waals surface area (Å²) in [4.78, 5) is 0. The SMILES string of the molecule is CCCCCCCCCC(Cl)c1ccc(F)cc1. The minimum atomic E-state index is -0.196. The van der Waals surface area contributed by atoms with Crippen LogP contribution in [0.3, 0.4) is 0 Å². The molecule has 1 aromatic rings. The summed E-state index contributed by atoms with van der Waals surface area (Å²) in [6.45, 7) is 2.24.